The second-order valence-electron chi connectivity index (χ2n) is 7.42. The minimum Gasteiger partial charge on any atom is -0.363 e. The van der Waals surface area contributed by atoms with Crippen LogP contribution in [0.1, 0.15) is 39.1 Å². The molecule has 7 heteroatoms. The van der Waals surface area contributed by atoms with E-state index in [4.69, 9.17) is 11.6 Å². The summed E-state index contributed by atoms with van der Waals surface area (Å²) in [4.78, 5) is 39.3. The molecule has 1 unspecified atom stereocenters. The topological polar surface area (TPSA) is 87.0 Å². The van der Waals surface area contributed by atoms with Gasteiger partial charge in [-0.2, -0.15) is 10.1 Å². The zero-order valence-corrected chi connectivity index (χ0v) is 17.7. The van der Waals surface area contributed by atoms with Gasteiger partial charge < -0.3 is 5.11 Å². The quantitative estimate of drug-likeness (QED) is 0.597. The van der Waals surface area contributed by atoms with E-state index in [1.807, 2.05) is 6.07 Å². The number of ketones is 2. The third-order valence-electron chi connectivity index (χ3n) is 5.24. The van der Waals surface area contributed by atoms with Gasteiger partial charge in [-0.15, -0.1) is 0 Å². The smallest absolute Gasteiger partial charge is 0.277 e. The molecule has 1 N–H and O–H groups in total. The van der Waals surface area contributed by atoms with Crippen molar-refractivity contribution in [3.05, 3.63) is 107 Å². The van der Waals surface area contributed by atoms with Crippen molar-refractivity contribution >= 4 is 34.8 Å². The van der Waals surface area contributed by atoms with Crippen LogP contribution in [-0.2, 0) is 4.79 Å². The number of carbonyl (C=O) groups is 3. The van der Waals surface area contributed by atoms with Gasteiger partial charge in [-0.3, -0.25) is 14.4 Å². The third-order valence-corrected chi connectivity index (χ3v) is 5.49. The second-order valence-corrected chi connectivity index (χ2v) is 7.86. The van der Waals surface area contributed by atoms with Gasteiger partial charge in [0, 0.05) is 16.1 Å². The molecule has 3 aromatic carbocycles. The monoisotopic (exact) mass is 446 g/mol. The number of Topliss-reactive ketones (excluding diaryl/α,β-unsaturated/α-hetero) is 2. The number of hydrazone groups is 1. The van der Waals surface area contributed by atoms with Gasteiger partial charge in [0.1, 0.15) is 0 Å². The van der Waals surface area contributed by atoms with Gasteiger partial charge in [-0.05, 0) is 42.0 Å². The minimum atomic E-state index is -2.41. The van der Waals surface area contributed by atoms with Gasteiger partial charge in [0.25, 0.3) is 5.91 Å². The van der Waals surface area contributed by atoms with Crippen LogP contribution in [0, 0.1) is 0 Å². The van der Waals surface area contributed by atoms with Crippen molar-refractivity contribution in [2.24, 2.45) is 5.10 Å². The molecule has 6 nitrogen and oxygen atoms in total. The molecule has 1 heterocycles. The Balaban J connectivity index is 1.75. The van der Waals surface area contributed by atoms with E-state index in [1.54, 1.807) is 66.7 Å². The lowest BCUT2D eigenvalue weighted by atomic mass is 9.90. The SMILES string of the molecule is O=C(CC1(O)C(=O)CC(c2ccccc2)=NN1C(=O)c1ccccc1)c1ccc(Cl)cc1. The molecule has 1 aliphatic heterocycles. The normalized spacial score (nSPS) is 18.2. The predicted molar refractivity (Wildman–Crippen MR) is 121 cm³/mol. The molecule has 1 atom stereocenters. The maximum Gasteiger partial charge on any atom is 0.277 e. The largest absolute Gasteiger partial charge is 0.363 e. The van der Waals surface area contributed by atoms with Crippen LogP contribution in [0.2, 0.25) is 5.02 Å². The summed E-state index contributed by atoms with van der Waals surface area (Å²) in [6.07, 6.45) is -0.843. The Bertz CT molecular complexity index is 1190. The van der Waals surface area contributed by atoms with Crippen molar-refractivity contribution < 1.29 is 19.5 Å². The lowest BCUT2D eigenvalue weighted by Gasteiger charge is -2.38. The fourth-order valence-electron chi connectivity index (χ4n) is 3.49. The van der Waals surface area contributed by atoms with Gasteiger partial charge in [-0.25, -0.2) is 0 Å². The molecule has 0 saturated carbocycles. The first kappa shape index (κ1) is 21.6. The Labute approximate surface area is 189 Å². The zero-order chi connectivity index (χ0) is 22.7. The number of halogens is 1. The highest BCUT2D eigenvalue weighted by Gasteiger charge is 2.50. The maximum atomic E-state index is 13.3. The summed E-state index contributed by atoms with van der Waals surface area (Å²) in [6.45, 7) is 0. The number of aliphatic hydroxyl groups is 1. The average molecular weight is 447 g/mol. The Morgan fingerprint density at radius 1 is 0.906 bits per heavy atom. The molecule has 0 saturated heterocycles. The number of amides is 1. The van der Waals surface area contributed by atoms with Gasteiger partial charge in [0.2, 0.25) is 5.72 Å². The van der Waals surface area contributed by atoms with Gasteiger partial charge >= 0.3 is 0 Å². The number of benzene rings is 3. The number of carbonyl (C=O) groups excluding carboxylic acids is 3. The Morgan fingerprint density at radius 2 is 1.50 bits per heavy atom. The van der Waals surface area contributed by atoms with Crippen molar-refractivity contribution in [1.29, 1.82) is 0 Å². The van der Waals surface area contributed by atoms with E-state index in [1.165, 1.54) is 12.1 Å². The summed E-state index contributed by atoms with van der Waals surface area (Å²) in [5, 5.41) is 16.9. The fourth-order valence-corrected chi connectivity index (χ4v) is 3.62. The number of rotatable bonds is 5. The van der Waals surface area contributed by atoms with Crippen LogP contribution >= 0.6 is 11.6 Å². The molecule has 0 bridgehead atoms. The van der Waals surface area contributed by atoms with Crippen LogP contribution in [0.4, 0.5) is 0 Å². The highest BCUT2D eigenvalue weighted by molar-refractivity contribution is 6.30. The second kappa shape index (κ2) is 8.86. The van der Waals surface area contributed by atoms with E-state index >= 15 is 0 Å². The Morgan fingerprint density at radius 3 is 2.12 bits per heavy atom. The molecular formula is C25H19ClN2O4. The Hall–Kier alpha value is -3.61. The van der Waals surface area contributed by atoms with E-state index in [-0.39, 0.29) is 17.5 Å². The van der Waals surface area contributed by atoms with E-state index in [2.05, 4.69) is 5.10 Å². The molecule has 3 aromatic rings. The minimum absolute atomic E-state index is 0.215. The summed E-state index contributed by atoms with van der Waals surface area (Å²) in [6, 6.07) is 23.2. The van der Waals surface area contributed by atoms with Gasteiger partial charge in [0.15, 0.2) is 11.6 Å². The lowest BCUT2D eigenvalue weighted by molar-refractivity contribution is -0.155. The summed E-state index contributed by atoms with van der Waals surface area (Å²) in [5.74, 6) is -1.88. The summed E-state index contributed by atoms with van der Waals surface area (Å²) < 4.78 is 0. The molecule has 1 amide bonds. The van der Waals surface area contributed by atoms with Crippen molar-refractivity contribution in [3.63, 3.8) is 0 Å². The molecule has 160 valence electrons. The molecule has 0 aromatic heterocycles. The summed E-state index contributed by atoms with van der Waals surface area (Å²) in [7, 11) is 0. The first-order valence-electron chi connectivity index (χ1n) is 9.95. The number of hydrogen-bond donors (Lipinski definition) is 1. The van der Waals surface area contributed by atoms with Crippen LogP contribution in [-0.4, -0.2) is 39.0 Å². The maximum absolute atomic E-state index is 13.3. The van der Waals surface area contributed by atoms with E-state index in [0.29, 0.717) is 16.3 Å². The average Bonchev–Trinajstić information content (AvgIpc) is 2.82. The Kier molecular flexibility index (Phi) is 5.99. The van der Waals surface area contributed by atoms with Crippen LogP contribution < -0.4 is 0 Å². The third kappa shape index (κ3) is 4.23. The molecule has 32 heavy (non-hydrogen) atoms. The van der Waals surface area contributed by atoms with Crippen LogP contribution in [0.5, 0.6) is 0 Å². The van der Waals surface area contributed by atoms with Crippen molar-refractivity contribution in [1.82, 2.24) is 5.01 Å². The zero-order valence-electron chi connectivity index (χ0n) is 16.9. The van der Waals surface area contributed by atoms with Crippen LogP contribution in [0.15, 0.2) is 90.0 Å². The van der Waals surface area contributed by atoms with Gasteiger partial charge in [-0.1, -0.05) is 60.1 Å². The highest BCUT2D eigenvalue weighted by atomic mass is 35.5. The van der Waals surface area contributed by atoms with Crippen molar-refractivity contribution in [2.45, 2.75) is 18.6 Å². The molecule has 0 radical (unpaired) electrons. The van der Waals surface area contributed by atoms with Crippen LogP contribution in [0.3, 0.4) is 0 Å². The molecular weight excluding hydrogens is 428 g/mol. The van der Waals surface area contributed by atoms with E-state index in [0.717, 1.165) is 5.01 Å². The lowest BCUT2D eigenvalue weighted by Crippen LogP contribution is -2.59. The molecule has 1 aliphatic rings. The molecule has 0 fully saturated rings. The molecule has 0 spiro atoms. The van der Waals surface area contributed by atoms with Crippen LogP contribution in [0.25, 0.3) is 0 Å². The predicted octanol–water partition coefficient (Wildman–Crippen LogP) is 4.12. The summed E-state index contributed by atoms with van der Waals surface area (Å²) in [5.41, 5.74) is -0.931. The molecule has 0 aliphatic carbocycles. The number of nitrogens with zero attached hydrogens (tertiary/aromatic N) is 2. The van der Waals surface area contributed by atoms with Crippen molar-refractivity contribution in [3.8, 4) is 0 Å². The van der Waals surface area contributed by atoms with Gasteiger partial charge in [0.05, 0.1) is 18.6 Å². The van der Waals surface area contributed by atoms with Crippen molar-refractivity contribution in [2.75, 3.05) is 0 Å². The van der Waals surface area contributed by atoms with E-state index in [9.17, 15) is 19.5 Å². The van der Waals surface area contributed by atoms with E-state index < -0.39 is 29.6 Å². The highest BCUT2D eigenvalue weighted by Crippen LogP contribution is 2.30. The standard InChI is InChI=1S/C25H19ClN2O4/c26-20-13-11-18(12-14-20)22(29)16-25(32)23(30)15-21(17-7-3-1-4-8-17)27-28(25)24(31)19-9-5-2-6-10-19/h1-14,32H,15-16H2. The summed E-state index contributed by atoms with van der Waals surface area (Å²) >= 11 is 5.88. The first-order valence-corrected chi connectivity index (χ1v) is 10.3. The fraction of sp³-hybridized carbons (Fsp3) is 0.120. The number of hydrogen-bond acceptors (Lipinski definition) is 5. The first-order chi connectivity index (χ1) is 15.4. The molecule has 4 rings (SSSR count).